The molecule has 6 heterocycles. The minimum atomic E-state index is 0.837. The van der Waals surface area contributed by atoms with E-state index in [-0.39, 0.29) is 0 Å². The van der Waals surface area contributed by atoms with Crippen molar-refractivity contribution in [2.24, 2.45) is 0 Å². The van der Waals surface area contributed by atoms with Crippen LogP contribution in [0, 0.1) is 0 Å². The number of rotatable bonds is 3. The van der Waals surface area contributed by atoms with E-state index in [0.29, 0.717) is 0 Å². The summed E-state index contributed by atoms with van der Waals surface area (Å²) in [6.45, 7) is 0. The first-order chi connectivity index (χ1) is 14.4. The van der Waals surface area contributed by atoms with Crippen molar-refractivity contribution in [1.82, 2.24) is 40.3 Å². The second-order valence-corrected chi connectivity index (χ2v) is 6.74. The van der Waals surface area contributed by atoms with E-state index in [9.17, 15) is 0 Å². The van der Waals surface area contributed by atoms with Crippen LogP contribution in [0.2, 0.25) is 0 Å². The second kappa shape index (κ2) is 6.10. The quantitative estimate of drug-likeness (QED) is 0.432. The first-order valence-corrected chi connectivity index (χ1v) is 9.07. The van der Waals surface area contributed by atoms with Gasteiger partial charge in [0.2, 0.25) is 0 Å². The van der Waals surface area contributed by atoms with Gasteiger partial charge in [-0.3, -0.25) is 25.1 Å². The van der Waals surface area contributed by atoms with E-state index in [0.717, 1.165) is 55.6 Å². The van der Waals surface area contributed by atoms with Crippen molar-refractivity contribution in [1.29, 1.82) is 0 Å². The lowest BCUT2D eigenvalue weighted by Gasteiger charge is -2.01. The molecule has 0 saturated heterocycles. The van der Waals surface area contributed by atoms with Crippen LogP contribution >= 0.6 is 0 Å². The Hall–Kier alpha value is -4.33. The van der Waals surface area contributed by atoms with Gasteiger partial charge in [0.25, 0.3) is 0 Å². The molecule has 6 rings (SSSR count). The van der Waals surface area contributed by atoms with Gasteiger partial charge in [0, 0.05) is 46.7 Å². The maximum absolute atomic E-state index is 4.54. The summed E-state index contributed by atoms with van der Waals surface area (Å²) in [6.07, 6.45) is 12.6. The van der Waals surface area contributed by atoms with Gasteiger partial charge in [-0.05, 0) is 29.8 Å². The minimum Gasteiger partial charge on any atom is -0.352 e. The number of aromatic amines is 3. The van der Waals surface area contributed by atoms with Crippen molar-refractivity contribution in [3.8, 4) is 33.8 Å². The molecule has 0 radical (unpaired) electrons. The third-order valence-electron chi connectivity index (χ3n) is 5.03. The maximum Gasteiger partial charge on any atom is 0.116 e. The van der Waals surface area contributed by atoms with Crippen molar-refractivity contribution < 1.29 is 0 Å². The molecule has 3 N–H and O–H groups in total. The van der Waals surface area contributed by atoms with E-state index in [4.69, 9.17) is 0 Å². The van der Waals surface area contributed by atoms with E-state index in [1.54, 1.807) is 24.8 Å². The maximum atomic E-state index is 4.54. The van der Waals surface area contributed by atoms with Gasteiger partial charge in [-0.15, -0.1) is 0 Å². The van der Waals surface area contributed by atoms with Crippen molar-refractivity contribution in [3.05, 3.63) is 67.6 Å². The van der Waals surface area contributed by atoms with Crippen LogP contribution in [-0.2, 0) is 0 Å². The van der Waals surface area contributed by atoms with Gasteiger partial charge in [-0.25, -0.2) is 0 Å². The Labute approximate surface area is 164 Å². The number of H-pyrrole nitrogens is 3. The van der Waals surface area contributed by atoms with Crippen LogP contribution < -0.4 is 0 Å². The topological polar surface area (TPSA) is 112 Å². The number of aromatic nitrogens is 8. The van der Waals surface area contributed by atoms with Gasteiger partial charge in [0.15, 0.2) is 0 Å². The molecule has 29 heavy (non-hydrogen) atoms. The average Bonchev–Trinajstić information content (AvgIpc) is 3.52. The Balaban J connectivity index is 1.54. The molecule has 0 bridgehead atoms. The van der Waals surface area contributed by atoms with E-state index < -0.39 is 0 Å². The normalized spacial score (nSPS) is 11.4. The average molecular weight is 378 g/mol. The molecule has 6 aromatic heterocycles. The molecule has 0 aromatic carbocycles. The summed E-state index contributed by atoms with van der Waals surface area (Å²) >= 11 is 0. The molecule has 138 valence electrons. The summed E-state index contributed by atoms with van der Waals surface area (Å²) in [4.78, 5) is 16.4. The Morgan fingerprint density at radius 2 is 1.72 bits per heavy atom. The molecule has 6 aromatic rings. The van der Waals surface area contributed by atoms with Crippen molar-refractivity contribution >= 4 is 21.8 Å². The van der Waals surface area contributed by atoms with Gasteiger partial charge in [-0.2, -0.15) is 10.2 Å². The van der Waals surface area contributed by atoms with Crippen LogP contribution in [0.5, 0.6) is 0 Å². The number of pyridine rings is 3. The van der Waals surface area contributed by atoms with Gasteiger partial charge in [0.05, 0.1) is 41.0 Å². The van der Waals surface area contributed by atoms with Crippen LogP contribution in [0.25, 0.3) is 55.6 Å². The lowest BCUT2D eigenvalue weighted by molar-refractivity contribution is 1.09. The first-order valence-electron chi connectivity index (χ1n) is 9.07. The highest BCUT2D eigenvalue weighted by Gasteiger charge is 2.15. The van der Waals surface area contributed by atoms with Gasteiger partial charge in [0.1, 0.15) is 5.69 Å². The van der Waals surface area contributed by atoms with Gasteiger partial charge >= 0.3 is 0 Å². The van der Waals surface area contributed by atoms with Crippen molar-refractivity contribution in [3.63, 3.8) is 0 Å². The molecule has 0 saturated carbocycles. The van der Waals surface area contributed by atoms with Crippen molar-refractivity contribution in [2.45, 2.75) is 0 Å². The highest BCUT2D eigenvalue weighted by atomic mass is 15.1. The zero-order valence-electron chi connectivity index (χ0n) is 15.1. The van der Waals surface area contributed by atoms with E-state index in [1.807, 2.05) is 36.8 Å². The van der Waals surface area contributed by atoms with Crippen LogP contribution in [-0.4, -0.2) is 40.3 Å². The second-order valence-electron chi connectivity index (χ2n) is 6.74. The summed E-state index contributed by atoms with van der Waals surface area (Å²) in [5.74, 6) is 0. The third-order valence-corrected chi connectivity index (χ3v) is 5.03. The molecule has 0 fully saturated rings. The van der Waals surface area contributed by atoms with E-state index >= 15 is 0 Å². The fourth-order valence-corrected chi connectivity index (χ4v) is 3.61. The Bertz CT molecular complexity index is 1440. The molecule has 8 nitrogen and oxygen atoms in total. The Morgan fingerprint density at radius 3 is 2.59 bits per heavy atom. The number of nitrogens with one attached hydrogen (secondary N) is 3. The van der Waals surface area contributed by atoms with Crippen LogP contribution in [0.1, 0.15) is 0 Å². The standard InChI is InChI=1S/C21H14N8/c1-3-22-4-2-12(1)16-9-23-10-19-14(16)5-18(27-19)21-15-6-17(13-7-25-26-8-13)24-11-20(15)28-29-21/h1-11,27H,(H,25,26)(H,28,29). The molecule has 8 heteroatoms. The first kappa shape index (κ1) is 15.7. The van der Waals surface area contributed by atoms with E-state index in [1.165, 1.54) is 0 Å². The van der Waals surface area contributed by atoms with Gasteiger partial charge in [-0.1, -0.05) is 0 Å². The zero-order chi connectivity index (χ0) is 19.2. The van der Waals surface area contributed by atoms with Crippen molar-refractivity contribution in [2.75, 3.05) is 0 Å². The van der Waals surface area contributed by atoms with Crippen LogP contribution in [0.4, 0.5) is 0 Å². The van der Waals surface area contributed by atoms with Crippen LogP contribution in [0.15, 0.2) is 67.6 Å². The summed E-state index contributed by atoms with van der Waals surface area (Å²) < 4.78 is 0. The predicted molar refractivity (Wildman–Crippen MR) is 110 cm³/mol. The highest BCUT2D eigenvalue weighted by molar-refractivity contribution is 6.00. The monoisotopic (exact) mass is 378 g/mol. The molecular formula is C21H14N8. The number of nitrogens with zero attached hydrogens (tertiary/aromatic N) is 5. The Morgan fingerprint density at radius 1 is 0.793 bits per heavy atom. The lowest BCUT2D eigenvalue weighted by Crippen LogP contribution is -1.82. The van der Waals surface area contributed by atoms with Crippen LogP contribution in [0.3, 0.4) is 0 Å². The molecule has 0 aliphatic heterocycles. The largest absolute Gasteiger partial charge is 0.352 e. The summed E-state index contributed by atoms with van der Waals surface area (Å²) in [7, 11) is 0. The molecular weight excluding hydrogens is 364 g/mol. The number of hydrogen-bond acceptors (Lipinski definition) is 5. The number of fused-ring (bicyclic) bond motifs is 2. The summed E-state index contributed by atoms with van der Waals surface area (Å²) in [5, 5.41) is 16.5. The molecule has 0 spiro atoms. The highest BCUT2D eigenvalue weighted by Crippen LogP contribution is 2.33. The Kier molecular flexibility index (Phi) is 3.30. The summed E-state index contributed by atoms with van der Waals surface area (Å²) in [5.41, 5.74) is 7.47. The smallest absolute Gasteiger partial charge is 0.116 e. The third kappa shape index (κ3) is 2.50. The molecule has 0 aliphatic rings. The van der Waals surface area contributed by atoms with Gasteiger partial charge < -0.3 is 4.98 Å². The molecule has 0 aliphatic carbocycles. The summed E-state index contributed by atoms with van der Waals surface area (Å²) in [6, 6.07) is 8.10. The SMILES string of the molecule is c1cc(-c2cncc3[nH]c(-c4n[nH]c5cnc(-c6cn[nH]c6)cc45)cc23)ccn1. The lowest BCUT2D eigenvalue weighted by atomic mass is 10.1. The molecule has 0 unspecified atom stereocenters. The molecule has 0 amide bonds. The minimum absolute atomic E-state index is 0.837. The fraction of sp³-hybridized carbons (Fsp3) is 0. The number of hydrogen-bond donors (Lipinski definition) is 3. The zero-order valence-corrected chi connectivity index (χ0v) is 15.1. The van der Waals surface area contributed by atoms with E-state index in [2.05, 4.69) is 46.4 Å². The fourth-order valence-electron chi connectivity index (χ4n) is 3.61. The molecule has 0 atom stereocenters. The predicted octanol–water partition coefficient (Wildman–Crippen LogP) is 3.95.